The van der Waals surface area contributed by atoms with Crippen LogP contribution in [0.5, 0.6) is 5.75 Å². The average Bonchev–Trinajstić information content (AvgIpc) is 3.04. The highest BCUT2D eigenvalue weighted by Gasteiger charge is 2.19. The Labute approximate surface area is 161 Å². The Bertz CT molecular complexity index is 958. The highest BCUT2D eigenvalue weighted by Crippen LogP contribution is 2.23. The third-order valence-corrected chi connectivity index (χ3v) is 4.50. The summed E-state index contributed by atoms with van der Waals surface area (Å²) in [6, 6.07) is 13.5. The molecule has 5 nitrogen and oxygen atoms in total. The fourth-order valence-electron chi connectivity index (χ4n) is 2.65. The predicted molar refractivity (Wildman–Crippen MR) is 102 cm³/mol. The Morgan fingerprint density at radius 3 is 2.67 bits per heavy atom. The minimum atomic E-state index is -0.399. The van der Waals surface area contributed by atoms with E-state index in [-0.39, 0.29) is 5.91 Å². The van der Waals surface area contributed by atoms with Gasteiger partial charge in [-0.15, -0.1) is 0 Å². The number of amides is 1. The van der Waals surface area contributed by atoms with Gasteiger partial charge < -0.3 is 9.64 Å². The Morgan fingerprint density at radius 2 is 1.93 bits per heavy atom. The maximum absolute atomic E-state index is 14.0. The topological polar surface area (TPSA) is 47.4 Å². The molecule has 140 valence electrons. The van der Waals surface area contributed by atoms with E-state index in [4.69, 9.17) is 16.3 Å². The van der Waals surface area contributed by atoms with Crippen LogP contribution in [0, 0.1) is 12.7 Å². The van der Waals surface area contributed by atoms with Crippen LogP contribution in [0.3, 0.4) is 0 Å². The number of hydrogen-bond acceptors (Lipinski definition) is 3. The number of nitrogens with zero attached hydrogens (tertiary/aromatic N) is 3. The van der Waals surface area contributed by atoms with Crippen molar-refractivity contribution in [2.75, 3.05) is 20.2 Å². The number of aromatic nitrogens is 2. The van der Waals surface area contributed by atoms with Crippen LogP contribution in [0.1, 0.15) is 16.1 Å². The normalized spacial score (nSPS) is 10.7. The molecule has 0 saturated heterocycles. The fraction of sp³-hybridized carbons (Fsp3) is 0.200. The molecule has 0 radical (unpaired) electrons. The maximum atomic E-state index is 14.0. The van der Waals surface area contributed by atoms with E-state index in [1.807, 2.05) is 12.1 Å². The van der Waals surface area contributed by atoms with Gasteiger partial charge in [0.15, 0.2) is 0 Å². The molecule has 0 unspecified atom stereocenters. The van der Waals surface area contributed by atoms with Crippen molar-refractivity contribution in [3.05, 3.63) is 76.8 Å². The molecule has 0 bridgehead atoms. The second kappa shape index (κ2) is 8.22. The van der Waals surface area contributed by atoms with E-state index >= 15 is 0 Å². The first-order chi connectivity index (χ1) is 13.0. The Kier molecular flexibility index (Phi) is 5.76. The second-order valence-corrected chi connectivity index (χ2v) is 6.42. The van der Waals surface area contributed by atoms with E-state index in [0.29, 0.717) is 40.9 Å². The fourth-order valence-corrected chi connectivity index (χ4v) is 2.84. The molecule has 7 heteroatoms. The summed E-state index contributed by atoms with van der Waals surface area (Å²) < 4.78 is 21.0. The lowest BCUT2D eigenvalue weighted by molar-refractivity contribution is 0.0773. The number of carbonyl (C=O) groups is 1. The summed E-state index contributed by atoms with van der Waals surface area (Å²) in [5.41, 5.74) is 1.29. The number of hydrogen-bond donors (Lipinski definition) is 0. The molecule has 1 amide bonds. The molecule has 0 aliphatic rings. The van der Waals surface area contributed by atoms with Gasteiger partial charge in [0.1, 0.15) is 23.9 Å². The summed E-state index contributed by atoms with van der Waals surface area (Å²) >= 11 is 6.05. The zero-order valence-corrected chi connectivity index (χ0v) is 15.8. The van der Waals surface area contributed by atoms with Crippen LogP contribution in [0.15, 0.2) is 54.7 Å². The van der Waals surface area contributed by atoms with Crippen molar-refractivity contribution in [3.8, 4) is 11.4 Å². The number of benzene rings is 2. The lowest BCUT2D eigenvalue weighted by Crippen LogP contribution is -2.31. The van der Waals surface area contributed by atoms with Gasteiger partial charge in [0.25, 0.3) is 5.91 Å². The van der Waals surface area contributed by atoms with Crippen molar-refractivity contribution in [2.24, 2.45) is 0 Å². The first-order valence-corrected chi connectivity index (χ1v) is 8.79. The van der Waals surface area contributed by atoms with Crippen LogP contribution in [-0.2, 0) is 0 Å². The summed E-state index contributed by atoms with van der Waals surface area (Å²) in [6.07, 6.45) is 1.45. The summed E-state index contributed by atoms with van der Waals surface area (Å²) in [4.78, 5) is 14.2. The molecule has 2 aromatic carbocycles. The lowest BCUT2D eigenvalue weighted by Gasteiger charge is -2.17. The first-order valence-electron chi connectivity index (χ1n) is 8.41. The van der Waals surface area contributed by atoms with Gasteiger partial charge in [0, 0.05) is 7.05 Å². The predicted octanol–water partition coefficient (Wildman–Crippen LogP) is 4.12. The van der Waals surface area contributed by atoms with Crippen LogP contribution in [0.25, 0.3) is 5.69 Å². The van der Waals surface area contributed by atoms with E-state index in [2.05, 4.69) is 5.10 Å². The van der Waals surface area contributed by atoms with Crippen molar-refractivity contribution in [3.63, 3.8) is 0 Å². The van der Waals surface area contributed by atoms with Crippen molar-refractivity contribution in [2.45, 2.75) is 6.92 Å². The van der Waals surface area contributed by atoms with Crippen molar-refractivity contribution in [1.29, 1.82) is 0 Å². The quantitative estimate of drug-likeness (QED) is 0.639. The van der Waals surface area contributed by atoms with E-state index in [1.165, 1.54) is 21.8 Å². The van der Waals surface area contributed by atoms with Gasteiger partial charge in [-0.05, 0) is 31.2 Å². The molecule has 0 N–H and O–H groups in total. The summed E-state index contributed by atoms with van der Waals surface area (Å²) in [5.74, 6) is -0.0365. The molecule has 3 rings (SSSR count). The highest BCUT2D eigenvalue weighted by molar-refractivity contribution is 6.32. The van der Waals surface area contributed by atoms with E-state index in [1.54, 1.807) is 44.3 Å². The summed E-state index contributed by atoms with van der Waals surface area (Å²) in [7, 11) is 1.68. The van der Waals surface area contributed by atoms with Crippen LogP contribution in [0.4, 0.5) is 4.39 Å². The number of likely N-dealkylation sites (N-methyl/N-ethyl adjacent to an activating group) is 1. The van der Waals surface area contributed by atoms with Crippen LogP contribution < -0.4 is 4.74 Å². The molecule has 0 atom stereocenters. The number of carbonyl (C=O) groups excluding carboxylic acids is 1. The van der Waals surface area contributed by atoms with Gasteiger partial charge >= 0.3 is 0 Å². The summed E-state index contributed by atoms with van der Waals surface area (Å²) in [5, 5.41) is 4.69. The average molecular weight is 388 g/mol. The Morgan fingerprint density at radius 1 is 1.22 bits per heavy atom. The number of ether oxygens (including phenoxy) is 1. The molecule has 0 aliphatic heterocycles. The Hall–Kier alpha value is -2.86. The van der Waals surface area contributed by atoms with Crippen LogP contribution in [-0.4, -0.2) is 40.8 Å². The van der Waals surface area contributed by atoms with Crippen molar-refractivity contribution >= 4 is 17.5 Å². The molecule has 0 saturated carbocycles. The van der Waals surface area contributed by atoms with E-state index in [9.17, 15) is 9.18 Å². The zero-order valence-electron chi connectivity index (χ0n) is 15.0. The summed E-state index contributed by atoms with van der Waals surface area (Å²) in [6.45, 7) is 2.40. The zero-order chi connectivity index (χ0) is 19.4. The van der Waals surface area contributed by atoms with Gasteiger partial charge in [0.2, 0.25) is 0 Å². The molecule has 1 aromatic heterocycles. The van der Waals surface area contributed by atoms with Gasteiger partial charge in [-0.3, -0.25) is 4.79 Å². The van der Waals surface area contributed by atoms with Gasteiger partial charge in [0.05, 0.1) is 29.0 Å². The van der Waals surface area contributed by atoms with Gasteiger partial charge in [-0.1, -0.05) is 35.9 Å². The number of rotatable bonds is 6. The molecular weight excluding hydrogens is 369 g/mol. The first kappa shape index (κ1) is 18.9. The molecule has 3 aromatic rings. The van der Waals surface area contributed by atoms with Crippen LogP contribution in [0.2, 0.25) is 5.02 Å². The van der Waals surface area contributed by atoms with E-state index in [0.717, 1.165) is 0 Å². The molecule has 0 aliphatic carbocycles. The molecule has 0 spiro atoms. The molecule has 0 fully saturated rings. The van der Waals surface area contributed by atoms with Gasteiger partial charge in [-0.25, -0.2) is 9.07 Å². The molecule has 27 heavy (non-hydrogen) atoms. The number of halogens is 2. The molecular formula is C20H19ClFN3O2. The Balaban J connectivity index is 1.67. The van der Waals surface area contributed by atoms with Crippen molar-refractivity contribution in [1.82, 2.24) is 14.7 Å². The monoisotopic (exact) mass is 387 g/mol. The minimum Gasteiger partial charge on any atom is -0.490 e. The third kappa shape index (κ3) is 4.11. The largest absolute Gasteiger partial charge is 0.490 e. The maximum Gasteiger partial charge on any atom is 0.257 e. The smallest absolute Gasteiger partial charge is 0.257 e. The van der Waals surface area contributed by atoms with Gasteiger partial charge in [-0.2, -0.15) is 5.10 Å². The van der Waals surface area contributed by atoms with Crippen molar-refractivity contribution < 1.29 is 13.9 Å². The minimum absolute atomic E-state index is 0.210. The SMILES string of the molecule is Cc1c(C(=O)N(C)CCOc2ccccc2Cl)cnn1-c1ccccc1F. The second-order valence-electron chi connectivity index (χ2n) is 6.01. The van der Waals surface area contributed by atoms with Crippen LogP contribution >= 0.6 is 11.6 Å². The number of para-hydroxylation sites is 2. The van der Waals surface area contributed by atoms with E-state index < -0.39 is 5.82 Å². The highest BCUT2D eigenvalue weighted by atomic mass is 35.5. The lowest BCUT2D eigenvalue weighted by atomic mass is 10.2. The standard InChI is InChI=1S/C20H19ClFN3O2/c1-14-15(13-23-25(14)18-9-5-4-8-17(18)22)20(26)24(2)11-12-27-19-10-6-3-7-16(19)21/h3-10,13H,11-12H2,1-2H3. The third-order valence-electron chi connectivity index (χ3n) is 4.19. The molecule has 1 heterocycles.